The quantitative estimate of drug-likeness (QED) is 0.901. The lowest BCUT2D eigenvalue weighted by atomic mass is 10.2. The number of aromatic nitrogens is 2. The molecular weight excluding hydrogens is 333 g/mol. The van der Waals surface area contributed by atoms with Crippen LogP contribution in [-0.2, 0) is 20.0 Å². The van der Waals surface area contributed by atoms with Gasteiger partial charge in [0.1, 0.15) is 5.82 Å². The first-order valence-electron chi connectivity index (χ1n) is 5.92. The van der Waals surface area contributed by atoms with Gasteiger partial charge in [-0.25, -0.2) is 4.39 Å². The largest absolute Gasteiger partial charge is 0.378 e. The third kappa shape index (κ3) is 3.09. The number of aryl methyl sites for hydroxylation is 2. The van der Waals surface area contributed by atoms with Crippen molar-refractivity contribution in [3.8, 4) is 0 Å². The lowest BCUT2D eigenvalue weighted by Gasteiger charge is -2.09. The van der Waals surface area contributed by atoms with Gasteiger partial charge >= 0.3 is 0 Å². The Labute approximate surface area is 124 Å². The summed E-state index contributed by atoms with van der Waals surface area (Å²) in [6.45, 7) is 2.62. The summed E-state index contributed by atoms with van der Waals surface area (Å²) in [6, 6.07) is 4.30. The zero-order valence-electron chi connectivity index (χ0n) is 10.7. The van der Waals surface area contributed by atoms with Crippen LogP contribution >= 0.6 is 27.5 Å². The maximum atomic E-state index is 13.0. The number of hydrogen-bond acceptors (Lipinski definition) is 2. The van der Waals surface area contributed by atoms with Crippen molar-refractivity contribution in [1.29, 1.82) is 0 Å². The molecule has 0 aliphatic heterocycles. The molecule has 19 heavy (non-hydrogen) atoms. The highest BCUT2D eigenvalue weighted by Crippen LogP contribution is 2.26. The van der Waals surface area contributed by atoms with Gasteiger partial charge in [-0.2, -0.15) is 5.10 Å². The second-order valence-electron chi connectivity index (χ2n) is 4.16. The van der Waals surface area contributed by atoms with Gasteiger partial charge in [-0.15, -0.1) is 0 Å². The molecule has 0 aliphatic rings. The van der Waals surface area contributed by atoms with Crippen molar-refractivity contribution in [2.75, 3.05) is 5.32 Å². The number of nitrogens with one attached hydrogen (secondary N) is 1. The number of nitrogens with zero attached hydrogens (tertiary/aromatic N) is 2. The van der Waals surface area contributed by atoms with E-state index in [9.17, 15) is 4.39 Å². The monoisotopic (exact) mass is 345 g/mol. The molecule has 1 heterocycles. The van der Waals surface area contributed by atoms with E-state index in [1.807, 2.05) is 11.7 Å². The highest BCUT2D eigenvalue weighted by molar-refractivity contribution is 9.10. The second-order valence-corrected chi connectivity index (χ2v) is 5.36. The fourth-order valence-corrected chi connectivity index (χ4v) is 2.81. The predicted molar refractivity (Wildman–Crippen MR) is 79.0 cm³/mol. The van der Waals surface area contributed by atoms with E-state index < -0.39 is 0 Å². The van der Waals surface area contributed by atoms with Crippen LogP contribution in [0.25, 0.3) is 0 Å². The van der Waals surface area contributed by atoms with Crippen LogP contribution < -0.4 is 5.32 Å². The van der Waals surface area contributed by atoms with Gasteiger partial charge in [-0.3, -0.25) is 4.68 Å². The summed E-state index contributed by atoms with van der Waals surface area (Å²) in [6.07, 6.45) is 0.867. The Bertz CT molecular complexity index is 598. The summed E-state index contributed by atoms with van der Waals surface area (Å²) in [5, 5.41) is 7.97. The maximum Gasteiger partial charge on any atom is 0.124 e. The molecule has 2 rings (SSSR count). The standard InChI is InChI=1S/C13H14BrClFN3/c1-3-10-13(14)12(19(2)18-10)7-17-11-5-4-8(16)6-9(11)15/h4-6,17H,3,7H2,1-2H3. The SMILES string of the molecule is CCc1nn(C)c(CNc2ccc(F)cc2Cl)c1Br. The molecule has 0 spiro atoms. The molecule has 1 aromatic heterocycles. The van der Waals surface area contributed by atoms with E-state index >= 15 is 0 Å². The van der Waals surface area contributed by atoms with Crippen molar-refractivity contribution >= 4 is 33.2 Å². The Morgan fingerprint density at radius 1 is 1.47 bits per heavy atom. The molecule has 1 N–H and O–H groups in total. The Kier molecular flexibility index (Phi) is 4.47. The minimum atomic E-state index is -0.342. The Hall–Kier alpha value is -1.07. The molecule has 1 aromatic carbocycles. The minimum absolute atomic E-state index is 0.342. The number of halogens is 3. The van der Waals surface area contributed by atoms with Gasteiger partial charge in [0.15, 0.2) is 0 Å². The third-order valence-electron chi connectivity index (χ3n) is 2.88. The lowest BCUT2D eigenvalue weighted by Crippen LogP contribution is -2.06. The summed E-state index contributed by atoms with van der Waals surface area (Å²) in [5.41, 5.74) is 2.75. The minimum Gasteiger partial charge on any atom is -0.378 e. The van der Waals surface area contributed by atoms with E-state index in [0.29, 0.717) is 17.3 Å². The van der Waals surface area contributed by atoms with E-state index in [4.69, 9.17) is 11.6 Å². The van der Waals surface area contributed by atoms with Crippen LogP contribution in [0.15, 0.2) is 22.7 Å². The molecule has 0 bridgehead atoms. The van der Waals surface area contributed by atoms with Crippen molar-refractivity contribution in [3.05, 3.63) is 44.9 Å². The van der Waals surface area contributed by atoms with E-state index in [2.05, 4.69) is 33.3 Å². The molecule has 6 heteroatoms. The van der Waals surface area contributed by atoms with Crippen molar-refractivity contribution in [1.82, 2.24) is 9.78 Å². The van der Waals surface area contributed by atoms with E-state index in [1.54, 1.807) is 6.07 Å². The maximum absolute atomic E-state index is 13.0. The zero-order valence-corrected chi connectivity index (χ0v) is 13.0. The van der Waals surface area contributed by atoms with Gasteiger partial charge < -0.3 is 5.32 Å². The number of hydrogen-bond donors (Lipinski definition) is 1. The van der Waals surface area contributed by atoms with Crippen molar-refractivity contribution in [3.63, 3.8) is 0 Å². The Morgan fingerprint density at radius 2 is 2.21 bits per heavy atom. The Balaban J connectivity index is 2.16. The lowest BCUT2D eigenvalue weighted by molar-refractivity contribution is 0.628. The van der Waals surface area contributed by atoms with Gasteiger partial charge in [0, 0.05) is 7.05 Å². The van der Waals surface area contributed by atoms with Gasteiger partial charge in [0.2, 0.25) is 0 Å². The molecule has 0 aliphatic carbocycles. The summed E-state index contributed by atoms with van der Waals surface area (Å²) in [7, 11) is 1.90. The number of benzene rings is 1. The van der Waals surface area contributed by atoms with Crippen LogP contribution in [0.5, 0.6) is 0 Å². The zero-order chi connectivity index (χ0) is 14.0. The summed E-state index contributed by atoms with van der Waals surface area (Å²) in [4.78, 5) is 0. The van der Waals surface area contributed by atoms with E-state index in [0.717, 1.165) is 22.3 Å². The molecule has 0 unspecified atom stereocenters. The van der Waals surface area contributed by atoms with Crippen LogP contribution in [0.3, 0.4) is 0 Å². The van der Waals surface area contributed by atoms with Crippen molar-refractivity contribution in [2.45, 2.75) is 19.9 Å². The first-order valence-corrected chi connectivity index (χ1v) is 7.09. The van der Waals surface area contributed by atoms with Crippen LogP contribution in [-0.4, -0.2) is 9.78 Å². The smallest absolute Gasteiger partial charge is 0.124 e. The second kappa shape index (κ2) is 5.92. The molecule has 3 nitrogen and oxygen atoms in total. The van der Waals surface area contributed by atoms with Gasteiger partial charge in [-0.05, 0) is 40.5 Å². The van der Waals surface area contributed by atoms with E-state index in [1.165, 1.54) is 12.1 Å². The average molecular weight is 347 g/mol. The fraction of sp³-hybridized carbons (Fsp3) is 0.308. The third-order valence-corrected chi connectivity index (χ3v) is 4.11. The van der Waals surface area contributed by atoms with Crippen LogP contribution in [0.1, 0.15) is 18.3 Å². The fourth-order valence-electron chi connectivity index (χ4n) is 1.82. The molecule has 0 atom stereocenters. The molecule has 102 valence electrons. The number of rotatable bonds is 4. The van der Waals surface area contributed by atoms with Gasteiger partial charge in [0.05, 0.1) is 33.1 Å². The topological polar surface area (TPSA) is 29.9 Å². The van der Waals surface area contributed by atoms with Crippen LogP contribution in [0.4, 0.5) is 10.1 Å². The van der Waals surface area contributed by atoms with E-state index in [-0.39, 0.29) is 5.82 Å². The molecule has 0 amide bonds. The highest BCUT2D eigenvalue weighted by atomic mass is 79.9. The average Bonchev–Trinajstić information content (AvgIpc) is 2.64. The van der Waals surface area contributed by atoms with Crippen LogP contribution in [0, 0.1) is 5.82 Å². The molecule has 2 aromatic rings. The molecule has 0 saturated carbocycles. The first kappa shape index (κ1) is 14.3. The molecule has 0 saturated heterocycles. The van der Waals surface area contributed by atoms with Crippen molar-refractivity contribution < 1.29 is 4.39 Å². The molecule has 0 fully saturated rings. The Morgan fingerprint density at radius 3 is 2.79 bits per heavy atom. The number of anilines is 1. The van der Waals surface area contributed by atoms with Gasteiger partial charge in [-0.1, -0.05) is 18.5 Å². The van der Waals surface area contributed by atoms with Crippen LogP contribution in [0.2, 0.25) is 5.02 Å². The predicted octanol–water partition coefficient (Wildman–Crippen LogP) is 4.15. The van der Waals surface area contributed by atoms with Gasteiger partial charge in [0.25, 0.3) is 0 Å². The summed E-state index contributed by atoms with van der Waals surface area (Å²) in [5.74, 6) is -0.342. The van der Waals surface area contributed by atoms with Crippen molar-refractivity contribution in [2.24, 2.45) is 7.05 Å². The molecule has 0 radical (unpaired) electrons. The summed E-state index contributed by atoms with van der Waals surface area (Å²) >= 11 is 9.52. The first-order chi connectivity index (χ1) is 9.02. The highest BCUT2D eigenvalue weighted by Gasteiger charge is 2.12. The summed E-state index contributed by atoms with van der Waals surface area (Å²) < 4.78 is 15.8. The molecular formula is C13H14BrClFN3. The normalized spacial score (nSPS) is 10.8.